The lowest BCUT2D eigenvalue weighted by Crippen LogP contribution is -2.49. The second kappa shape index (κ2) is 11.8. The van der Waals surface area contributed by atoms with Crippen LogP contribution < -0.4 is 10.5 Å². The summed E-state index contributed by atoms with van der Waals surface area (Å²) in [6, 6.07) is 6.90. The number of alkyl halides is 2. The minimum Gasteiger partial charge on any atom is -0.478 e. The van der Waals surface area contributed by atoms with E-state index in [0.717, 1.165) is 31.5 Å². The Morgan fingerprint density at radius 2 is 1.92 bits per heavy atom. The molecule has 6 nitrogen and oxygen atoms in total. The molecule has 3 atom stereocenters. The van der Waals surface area contributed by atoms with Crippen LogP contribution in [0.4, 0.5) is 17.6 Å². The van der Waals surface area contributed by atoms with Crippen LogP contribution in [0, 0.1) is 17.6 Å². The Bertz CT molecular complexity index is 1240. The number of pyridine rings is 1. The van der Waals surface area contributed by atoms with Gasteiger partial charge in [-0.15, -0.1) is 0 Å². The zero-order valence-electron chi connectivity index (χ0n) is 21.6. The smallest absolute Gasteiger partial charge is 0.213 e. The number of hydrogen-bond acceptors (Lipinski definition) is 5. The van der Waals surface area contributed by atoms with Crippen molar-refractivity contribution < 1.29 is 27.4 Å². The third-order valence-electron chi connectivity index (χ3n) is 6.68. The number of hydrazone groups is 1. The zero-order chi connectivity index (χ0) is 28.1. The molecule has 1 aromatic carbocycles. The van der Waals surface area contributed by atoms with Gasteiger partial charge in [0.05, 0.1) is 12.3 Å². The first kappa shape index (κ1) is 28.9. The number of amidine groups is 1. The third kappa shape index (κ3) is 6.24. The maximum absolute atomic E-state index is 15.5. The second-order valence-electron chi connectivity index (χ2n) is 9.34. The van der Waals surface area contributed by atoms with Crippen LogP contribution in [0.2, 0.25) is 0 Å². The first-order valence-corrected chi connectivity index (χ1v) is 12.2. The Morgan fingerprint density at radius 1 is 1.24 bits per heavy atom. The van der Waals surface area contributed by atoms with Crippen LogP contribution in [-0.2, 0) is 5.60 Å². The molecule has 2 heterocycles. The van der Waals surface area contributed by atoms with Crippen molar-refractivity contribution >= 4 is 11.4 Å². The number of aromatic nitrogens is 1. The van der Waals surface area contributed by atoms with Gasteiger partial charge in [-0.2, -0.15) is 5.10 Å². The lowest BCUT2D eigenvalue weighted by Gasteiger charge is -2.37. The van der Waals surface area contributed by atoms with Crippen LogP contribution in [0.5, 0.6) is 5.88 Å². The van der Waals surface area contributed by atoms with Crippen molar-refractivity contribution in [1.29, 1.82) is 0 Å². The van der Waals surface area contributed by atoms with Gasteiger partial charge in [0.2, 0.25) is 5.88 Å². The fraction of sp³-hybridized carbons (Fsp3) is 0.357. The van der Waals surface area contributed by atoms with Crippen molar-refractivity contribution in [3.8, 4) is 5.88 Å². The average molecular weight is 533 g/mol. The maximum atomic E-state index is 15.5. The lowest BCUT2D eigenvalue weighted by molar-refractivity contribution is -0.116. The van der Waals surface area contributed by atoms with E-state index in [1.54, 1.807) is 18.4 Å². The number of halogens is 4. The monoisotopic (exact) mass is 532 g/mol. The fourth-order valence-electron chi connectivity index (χ4n) is 3.72. The molecule has 1 aromatic heterocycles. The minimum atomic E-state index is -2.73. The van der Waals surface area contributed by atoms with Crippen LogP contribution in [0.25, 0.3) is 5.57 Å². The van der Waals surface area contributed by atoms with Crippen molar-refractivity contribution in [2.75, 3.05) is 13.3 Å². The van der Waals surface area contributed by atoms with E-state index in [0.29, 0.717) is 17.1 Å². The topological polar surface area (TPSA) is 84.0 Å². The van der Waals surface area contributed by atoms with E-state index in [-0.39, 0.29) is 29.7 Å². The van der Waals surface area contributed by atoms with E-state index in [4.69, 9.17) is 10.5 Å². The number of hydrogen-bond donors (Lipinski definition) is 2. The molecule has 1 aliphatic rings. The summed E-state index contributed by atoms with van der Waals surface area (Å²) in [5.41, 5.74) is 1.83. The molecule has 1 aliphatic heterocycles. The summed E-state index contributed by atoms with van der Waals surface area (Å²) in [5.74, 6) is -0.705. The quantitative estimate of drug-likeness (QED) is 0.218. The first-order chi connectivity index (χ1) is 17.9. The van der Waals surface area contributed by atoms with E-state index in [1.807, 2.05) is 13.8 Å². The van der Waals surface area contributed by atoms with Crippen molar-refractivity contribution in [3.05, 3.63) is 89.9 Å². The third-order valence-corrected chi connectivity index (χ3v) is 6.68. The Balaban J connectivity index is 1.72. The molecular weight excluding hydrogens is 500 g/mol. The number of allylic oxidation sites excluding steroid dienone is 3. The van der Waals surface area contributed by atoms with Crippen molar-refractivity contribution in [2.24, 2.45) is 16.8 Å². The Kier molecular flexibility index (Phi) is 8.98. The van der Waals surface area contributed by atoms with Gasteiger partial charge in [0.1, 0.15) is 35.4 Å². The van der Waals surface area contributed by atoms with Crippen LogP contribution in [0.3, 0.4) is 0 Å². The number of nitrogens with zero attached hydrogens (tertiary/aromatic N) is 3. The molecule has 0 aliphatic carbocycles. The molecular formula is C28H32F4N4O2. The Labute approximate surface area is 219 Å². The van der Waals surface area contributed by atoms with Gasteiger partial charge in [-0.3, -0.25) is 0 Å². The molecule has 0 amide bonds. The summed E-state index contributed by atoms with van der Waals surface area (Å²) in [6.45, 7) is 7.12. The highest BCUT2D eigenvalue weighted by Crippen LogP contribution is 2.39. The van der Waals surface area contributed by atoms with Gasteiger partial charge in [0.15, 0.2) is 5.67 Å². The minimum absolute atomic E-state index is 0.0155. The molecule has 38 heavy (non-hydrogen) atoms. The van der Waals surface area contributed by atoms with Gasteiger partial charge in [-0.1, -0.05) is 32.6 Å². The molecule has 0 bridgehead atoms. The number of rotatable bonds is 11. The standard InChI is InChI=1S/C28H32F4N4O2/c1-5-18(2)26(33)35-36-14-12-20(16-19(36)3)25-23(31)10-11-24(34-25)38-15-13-28(32,17-29)27(4,37)21-6-8-22(30)9-7-21/h6-12,14,16,18,37H,3,5,13,15,17H2,1-2,4H3,(H2,33,35). The Hall–Kier alpha value is -3.66. The first-order valence-electron chi connectivity index (χ1n) is 12.2. The van der Waals surface area contributed by atoms with E-state index in [9.17, 15) is 18.3 Å². The SMILES string of the molecule is C=C1C=C(c2nc(OCCC(F)(CF)C(C)(O)c3ccc(F)cc3)ccc2F)C=CN1/N=C(/N)C(C)CC. The van der Waals surface area contributed by atoms with E-state index < -0.39 is 36.0 Å². The van der Waals surface area contributed by atoms with Crippen LogP contribution >= 0.6 is 0 Å². The normalized spacial score (nSPS) is 18.0. The highest BCUT2D eigenvalue weighted by atomic mass is 19.2. The molecule has 0 saturated heterocycles. The molecule has 0 saturated carbocycles. The summed E-state index contributed by atoms with van der Waals surface area (Å²) in [6.07, 6.45) is 5.02. The summed E-state index contributed by atoms with van der Waals surface area (Å²) < 4.78 is 62.7. The summed E-state index contributed by atoms with van der Waals surface area (Å²) in [5, 5.41) is 16.6. The van der Waals surface area contributed by atoms with Crippen molar-refractivity contribution in [3.63, 3.8) is 0 Å². The molecule has 0 spiro atoms. The van der Waals surface area contributed by atoms with E-state index in [2.05, 4.69) is 16.7 Å². The van der Waals surface area contributed by atoms with Gasteiger partial charge in [0.25, 0.3) is 0 Å². The van der Waals surface area contributed by atoms with Gasteiger partial charge in [-0.25, -0.2) is 27.6 Å². The number of aliphatic hydroxyl groups is 1. The molecule has 0 radical (unpaired) electrons. The van der Waals surface area contributed by atoms with Crippen molar-refractivity contribution in [1.82, 2.24) is 9.99 Å². The predicted molar refractivity (Wildman–Crippen MR) is 139 cm³/mol. The number of ether oxygens (including phenoxy) is 1. The summed E-state index contributed by atoms with van der Waals surface area (Å²) in [4.78, 5) is 4.18. The lowest BCUT2D eigenvalue weighted by atomic mass is 9.79. The molecule has 10 heteroatoms. The molecule has 3 N–H and O–H groups in total. The van der Waals surface area contributed by atoms with E-state index >= 15 is 4.39 Å². The second-order valence-corrected chi connectivity index (χ2v) is 9.34. The van der Waals surface area contributed by atoms with E-state index in [1.165, 1.54) is 23.2 Å². The zero-order valence-corrected chi connectivity index (χ0v) is 21.6. The fourth-order valence-corrected chi connectivity index (χ4v) is 3.72. The predicted octanol–water partition coefficient (Wildman–Crippen LogP) is 5.76. The highest BCUT2D eigenvalue weighted by molar-refractivity contribution is 5.82. The number of nitrogens with two attached hydrogens (primary N) is 1. The van der Waals surface area contributed by atoms with Gasteiger partial charge in [0, 0.05) is 30.2 Å². The molecule has 0 fully saturated rings. The Morgan fingerprint density at radius 3 is 2.53 bits per heavy atom. The largest absolute Gasteiger partial charge is 0.478 e. The van der Waals surface area contributed by atoms with Crippen LogP contribution in [0.15, 0.2) is 72.1 Å². The van der Waals surface area contributed by atoms with Gasteiger partial charge >= 0.3 is 0 Å². The van der Waals surface area contributed by atoms with Crippen molar-refractivity contribution in [2.45, 2.75) is 44.9 Å². The molecule has 2 aromatic rings. The van der Waals surface area contributed by atoms with Crippen LogP contribution in [0.1, 0.15) is 44.9 Å². The molecule has 3 unspecified atom stereocenters. The summed E-state index contributed by atoms with van der Waals surface area (Å²) >= 11 is 0. The number of benzene rings is 1. The van der Waals surface area contributed by atoms with Crippen LogP contribution in [-0.4, -0.2) is 39.9 Å². The van der Waals surface area contributed by atoms with Gasteiger partial charge < -0.3 is 15.6 Å². The maximum Gasteiger partial charge on any atom is 0.213 e. The molecule has 204 valence electrons. The average Bonchev–Trinajstić information content (AvgIpc) is 2.90. The van der Waals surface area contributed by atoms with Gasteiger partial charge in [-0.05, 0) is 49.3 Å². The highest BCUT2D eigenvalue weighted by Gasteiger charge is 2.49. The summed E-state index contributed by atoms with van der Waals surface area (Å²) in [7, 11) is 0. The molecule has 3 rings (SSSR count).